The number of nitrogens with zero attached hydrogens (tertiary/aromatic N) is 2. The third-order valence-corrected chi connectivity index (χ3v) is 9.56. The van der Waals surface area contributed by atoms with E-state index in [-0.39, 0.29) is 27.4 Å². The van der Waals surface area contributed by atoms with Gasteiger partial charge in [-0.05, 0) is 47.4 Å². The smallest absolute Gasteiger partial charge is 0.273 e. The van der Waals surface area contributed by atoms with Gasteiger partial charge in [-0.2, -0.15) is 5.01 Å². The molecule has 0 aromatic heterocycles. The Kier molecular flexibility index (Phi) is 6.30. The van der Waals surface area contributed by atoms with Gasteiger partial charge in [0.2, 0.25) is 0 Å². The molecule has 3 amide bonds. The number of ketones is 1. The highest BCUT2D eigenvalue weighted by Gasteiger charge is 2.63. The van der Waals surface area contributed by atoms with Gasteiger partial charge in [-0.25, -0.2) is 5.01 Å². The number of hydrogen-bond donors (Lipinski definition) is 0. The number of benzene rings is 4. The van der Waals surface area contributed by atoms with Crippen LogP contribution in [0.25, 0.3) is 0 Å². The standard InChI is InChI=1S/C34H24Cl2N2O4/c1-18(31(39)19-9-3-2-4-10-19)37(32(40)20-15-16-25(35)26(36)17-20)38-33(41)29-27-21-11-5-6-12-22(21)28(30(29)34(38)42)24-14-8-7-13-23(24)27/h2-18,27-30H,1H3/t18-,27?,28?,29-,30+/m1/s1. The molecule has 1 fully saturated rings. The van der Waals surface area contributed by atoms with Crippen LogP contribution in [0, 0.1) is 11.8 Å². The highest BCUT2D eigenvalue weighted by atomic mass is 35.5. The zero-order chi connectivity index (χ0) is 29.3. The number of halogens is 2. The maximum Gasteiger partial charge on any atom is 0.273 e. The SMILES string of the molecule is C[C@H](C(=O)c1ccccc1)N(C(=O)c1ccc(Cl)c(Cl)c1)N1C(=O)[C@@H]2C3c4ccccc4C(c4ccccc43)[C@@H]2C1=O. The predicted octanol–water partition coefficient (Wildman–Crippen LogP) is 6.51. The van der Waals surface area contributed by atoms with Gasteiger partial charge in [-0.3, -0.25) is 19.2 Å². The fraction of sp³-hybridized carbons (Fsp3) is 0.176. The van der Waals surface area contributed by atoms with Gasteiger partial charge in [0.05, 0.1) is 21.9 Å². The van der Waals surface area contributed by atoms with Crippen LogP contribution >= 0.6 is 23.2 Å². The van der Waals surface area contributed by atoms with Gasteiger partial charge in [0.25, 0.3) is 17.7 Å². The van der Waals surface area contributed by atoms with Crippen LogP contribution in [-0.2, 0) is 9.59 Å². The first-order valence-electron chi connectivity index (χ1n) is 13.7. The van der Waals surface area contributed by atoms with Crippen LogP contribution in [0.3, 0.4) is 0 Å². The zero-order valence-corrected chi connectivity index (χ0v) is 23.9. The van der Waals surface area contributed by atoms with Crippen LogP contribution in [0.2, 0.25) is 10.0 Å². The zero-order valence-electron chi connectivity index (χ0n) is 22.4. The Morgan fingerprint density at radius 1 is 0.667 bits per heavy atom. The lowest BCUT2D eigenvalue weighted by molar-refractivity contribution is -0.156. The Hall–Kier alpha value is -4.26. The van der Waals surface area contributed by atoms with E-state index in [0.29, 0.717) is 5.56 Å². The number of imide groups is 1. The van der Waals surface area contributed by atoms with E-state index in [2.05, 4.69) is 0 Å². The van der Waals surface area contributed by atoms with E-state index in [0.717, 1.165) is 32.3 Å². The van der Waals surface area contributed by atoms with E-state index < -0.39 is 41.4 Å². The first-order valence-corrected chi connectivity index (χ1v) is 14.5. The maximum atomic E-state index is 14.5. The van der Waals surface area contributed by atoms with Crippen LogP contribution in [0.4, 0.5) is 0 Å². The largest absolute Gasteiger partial charge is 0.292 e. The van der Waals surface area contributed by atoms with Crippen LogP contribution in [0.1, 0.15) is 61.7 Å². The van der Waals surface area contributed by atoms with E-state index in [9.17, 15) is 19.2 Å². The molecule has 208 valence electrons. The molecule has 0 unspecified atom stereocenters. The fourth-order valence-corrected chi connectivity index (χ4v) is 7.33. The van der Waals surface area contributed by atoms with Crippen molar-refractivity contribution in [3.63, 3.8) is 0 Å². The lowest BCUT2D eigenvalue weighted by Crippen LogP contribution is -2.56. The Morgan fingerprint density at radius 2 is 1.14 bits per heavy atom. The highest BCUT2D eigenvalue weighted by molar-refractivity contribution is 6.42. The highest BCUT2D eigenvalue weighted by Crippen LogP contribution is 2.61. The van der Waals surface area contributed by atoms with Gasteiger partial charge in [0, 0.05) is 23.0 Å². The third kappa shape index (κ3) is 3.79. The number of hydrazine groups is 1. The number of carbonyl (C=O) groups is 4. The summed E-state index contributed by atoms with van der Waals surface area (Å²) in [6.45, 7) is 1.53. The molecule has 4 aromatic rings. The first kappa shape index (κ1) is 26.6. The molecule has 4 aliphatic rings. The Labute approximate surface area is 252 Å². The lowest BCUT2D eigenvalue weighted by atomic mass is 9.55. The maximum absolute atomic E-state index is 14.5. The Bertz CT molecular complexity index is 1690. The van der Waals surface area contributed by atoms with Gasteiger partial charge in [-0.1, -0.05) is 102 Å². The molecular weight excluding hydrogens is 571 g/mol. The summed E-state index contributed by atoms with van der Waals surface area (Å²) < 4.78 is 0. The van der Waals surface area contributed by atoms with Crippen molar-refractivity contribution in [2.45, 2.75) is 24.8 Å². The topological polar surface area (TPSA) is 74.8 Å². The molecule has 3 aliphatic carbocycles. The van der Waals surface area contributed by atoms with Crippen molar-refractivity contribution in [3.05, 3.63) is 140 Å². The molecule has 0 N–H and O–H groups in total. The predicted molar refractivity (Wildman–Crippen MR) is 158 cm³/mol. The molecule has 6 nitrogen and oxygen atoms in total. The monoisotopic (exact) mass is 594 g/mol. The molecule has 8 rings (SSSR count). The van der Waals surface area contributed by atoms with Gasteiger partial charge in [-0.15, -0.1) is 0 Å². The van der Waals surface area contributed by atoms with Crippen molar-refractivity contribution < 1.29 is 19.2 Å². The summed E-state index contributed by atoms with van der Waals surface area (Å²) >= 11 is 12.4. The van der Waals surface area contributed by atoms with Crippen molar-refractivity contribution in [1.82, 2.24) is 10.0 Å². The minimum absolute atomic E-state index is 0.0992. The van der Waals surface area contributed by atoms with E-state index in [1.165, 1.54) is 25.1 Å². The van der Waals surface area contributed by atoms with E-state index in [1.54, 1.807) is 30.3 Å². The number of carbonyl (C=O) groups excluding carboxylic acids is 4. The molecule has 3 atom stereocenters. The summed E-state index contributed by atoms with van der Waals surface area (Å²) in [5.41, 5.74) is 4.51. The van der Waals surface area contributed by atoms with Crippen LogP contribution < -0.4 is 0 Å². The fourth-order valence-electron chi connectivity index (χ4n) is 7.03. The summed E-state index contributed by atoms with van der Waals surface area (Å²) in [7, 11) is 0. The average Bonchev–Trinajstić information content (AvgIpc) is 3.28. The molecule has 8 heteroatoms. The second kappa shape index (κ2) is 9.93. The summed E-state index contributed by atoms with van der Waals surface area (Å²) in [6, 6.07) is 27.5. The van der Waals surface area contributed by atoms with Gasteiger partial charge in [0.15, 0.2) is 5.78 Å². The van der Waals surface area contributed by atoms with Crippen molar-refractivity contribution in [1.29, 1.82) is 0 Å². The van der Waals surface area contributed by atoms with Crippen LogP contribution in [0.5, 0.6) is 0 Å². The van der Waals surface area contributed by atoms with Crippen LogP contribution in [-0.4, -0.2) is 39.6 Å². The molecule has 1 aliphatic heterocycles. The normalized spacial score (nSPS) is 22.3. The minimum Gasteiger partial charge on any atom is -0.292 e. The molecule has 0 radical (unpaired) electrons. The van der Waals surface area contributed by atoms with Crippen molar-refractivity contribution in [3.8, 4) is 0 Å². The average molecular weight is 595 g/mol. The molecular formula is C34H24Cl2N2O4. The second-order valence-corrected chi connectivity index (χ2v) is 11.8. The second-order valence-electron chi connectivity index (χ2n) is 10.9. The number of rotatable bonds is 5. The number of Topliss-reactive ketones (excluding diaryl/α,β-unsaturated/α-hetero) is 1. The van der Waals surface area contributed by atoms with Crippen molar-refractivity contribution in [2.75, 3.05) is 0 Å². The number of hydrogen-bond acceptors (Lipinski definition) is 4. The third-order valence-electron chi connectivity index (χ3n) is 8.82. The van der Waals surface area contributed by atoms with E-state index in [4.69, 9.17) is 23.2 Å². The van der Waals surface area contributed by atoms with E-state index >= 15 is 0 Å². The van der Waals surface area contributed by atoms with Crippen molar-refractivity contribution in [2.24, 2.45) is 11.8 Å². The minimum atomic E-state index is -1.18. The quantitative estimate of drug-likeness (QED) is 0.195. The molecule has 0 spiro atoms. The summed E-state index contributed by atoms with van der Waals surface area (Å²) in [6.07, 6.45) is 0. The van der Waals surface area contributed by atoms with Gasteiger partial charge >= 0.3 is 0 Å². The van der Waals surface area contributed by atoms with Gasteiger partial charge in [0.1, 0.15) is 6.04 Å². The molecule has 2 bridgehead atoms. The number of amides is 3. The molecule has 4 aromatic carbocycles. The first-order chi connectivity index (χ1) is 20.3. The Morgan fingerprint density at radius 3 is 1.62 bits per heavy atom. The summed E-state index contributed by atoms with van der Waals surface area (Å²) in [5, 5.41) is 2.34. The van der Waals surface area contributed by atoms with Crippen molar-refractivity contribution >= 4 is 46.7 Å². The summed E-state index contributed by atoms with van der Waals surface area (Å²) in [5.74, 6) is -4.23. The lowest BCUT2D eigenvalue weighted by Gasteiger charge is -2.45. The van der Waals surface area contributed by atoms with Crippen LogP contribution in [0.15, 0.2) is 97.1 Å². The molecule has 42 heavy (non-hydrogen) atoms. The Balaban J connectivity index is 1.37. The molecule has 1 saturated heterocycles. The van der Waals surface area contributed by atoms with Gasteiger partial charge < -0.3 is 0 Å². The molecule has 0 saturated carbocycles. The van der Waals surface area contributed by atoms with E-state index in [1.807, 2.05) is 48.5 Å². The molecule has 1 heterocycles. The summed E-state index contributed by atoms with van der Waals surface area (Å²) in [4.78, 5) is 56.9.